The Morgan fingerprint density at radius 3 is 2.65 bits per heavy atom. The Bertz CT molecular complexity index is 715. The summed E-state index contributed by atoms with van der Waals surface area (Å²) in [5, 5.41) is 13.5. The van der Waals surface area contributed by atoms with E-state index in [0.29, 0.717) is 24.7 Å². The number of anilines is 1. The second-order valence-corrected chi connectivity index (χ2v) is 6.95. The zero-order valence-electron chi connectivity index (χ0n) is 14.9. The van der Waals surface area contributed by atoms with Crippen molar-refractivity contribution in [1.82, 2.24) is 10.2 Å². The number of carbonyl (C=O) groups is 2. The molecule has 1 heterocycles. The first-order valence-electron chi connectivity index (χ1n) is 9.03. The van der Waals surface area contributed by atoms with Gasteiger partial charge in [-0.15, -0.1) is 0 Å². The molecule has 1 aliphatic heterocycles. The summed E-state index contributed by atoms with van der Waals surface area (Å²) in [7, 11) is 1.48. The molecule has 1 aromatic rings. The second kappa shape index (κ2) is 7.72. The summed E-state index contributed by atoms with van der Waals surface area (Å²) in [6.45, 7) is 2.23. The number of nitro groups is 1. The van der Waals surface area contributed by atoms with Crippen molar-refractivity contribution in [2.75, 3.05) is 38.1 Å². The molecule has 26 heavy (non-hydrogen) atoms. The highest BCUT2D eigenvalue weighted by molar-refractivity contribution is 6.01. The van der Waals surface area contributed by atoms with Gasteiger partial charge in [0.15, 0.2) is 0 Å². The van der Waals surface area contributed by atoms with E-state index in [1.807, 2.05) is 9.80 Å². The molecule has 0 atom stereocenters. The molecule has 1 saturated carbocycles. The third kappa shape index (κ3) is 3.79. The Hall–Kier alpha value is -2.64. The van der Waals surface area contributed by atoms with E-state index in [1.54, 1.807) is 6.07 Å². The number of hydrogen-bond donors (Lipinski definition) is 1. The van der Waals surface area contributed by atoms with Crippen LogP contribution >= 0.6 is 0 Å². The molecule has 2 fully saturated rings. The van der Waals surface area contributed by atoms with Gasteiger partial charge in [0.05, 0.1) is 22.7 Å². The Labute approximate surface area is 152 Å². The quantitative estimate of drug-likeness (QED) is 0.638. The van der Waals surface area contributed by atoms with E-state index in [-0.39, 0.29) is 23.7 Å². The molecule has 1 aromatic carbocycles. The lowest BCUT2D eigenvalue weighted by molar-refractivity contribution is -0.384. The minimum atomic E-state index is -0.527. The fraction of sp³-hybridized carbons (Fsp3) is 0.556. The first-order valence-corrected chi connectivity index (χ1v) is 9.03. The molecule has 1 N–H and O–H groups in total. The Balaban J connectivity index is 1.76. The molecule has 1 aliphatic carbocycles. The van der Waals surface area contributed by atoms with Crippen LogP contribution in [0.3, 0.4) is 0 Å². The number of hydrogen-bond acceptors (Lipinski definition) is 5. The molecule has 140 valence electrons. The molecule has 0 aromatic heterocycles. The molecule has 2 aliphatic rings. The average Bonchev–Trinajstić information content (AvgIpc) is 3.15. The van der Waals surface area contributed by atoms with Crippen molar-refractivity contribution in [2.24, 2.45) is 5.92 Å². The van der Waals surface area contributed by atoms with Crippen molar-refractivity contribution in [3.05, 3.63) is 33.9 Å². The lowest BCUT2D eigenvalue weighted by Crippen LogP contribution is -2.52. The fourth-order valence-electron chi connectivity index (χ4n) is 3.84. The lowest BCUT2D eigenvalue weighted by Gasteiger charge is -2.37. The maximum atomic E-state index is 12.6. The van der Waals surface area contributed by atoms with Crippen LogP contribution in [0, 0.1) is 16.0 Å². The predicted octanol–water partition coefficient (Wildman–Crippen LogP) is 1.79. The van der Waals surface area contributed by atoms with Gasteiger partial charge in [0.25, 0.3) is 11.6 Å². The van der Waals surface area contributed by atoms with Gasteiger partial charge in [-0.05, 0) is 24.8 Å². The van der Waals surface area contributed by atoms with E-state index in [1.165, 1.54) is 44.9 Å². The summed E-state index contributed by atoms with van der Waals surface area (Å²) in [6.07, 6.45) is 4.88. The number of piperazine rings is 1. The number of carbonyl (C=O) groups excluding carboxylic acids is 2. The van der Waals surface area contributed by atoms with Crippen molar-refractivity contribution in [3.8, 4) is 0 Å². The van der Waals surface area contributed by atoms with Crippen LogP contribution in [-0.4, -0.2) is 54.9 Å². The van der Waals surface area contributed by atoms with Gasteiger partial charge in [-0.3, -0.25) is 19.7 Å². The molecule has 2 amide bonds. The average molecular weight is 360 g/mol. The van der Waals surface area contributed by atoms with E-state index in [0.717, 1.165) is 6.54 Å². The smallest absolute Gasteiger partial charge is 0.270 e. The number of nitrogens with one attached hydrogen (secondary N) is 1. The Morgan fingerprint density at radius 2 is 2.04 bits per heavy atom. The number of amides is 2. The fourth-order valence-corrected chi connectivity index (χ4v) is 3.84. The topological polar surface area (TPSA) is 95.8 Å². The van der Waals surface area contributed by atoms with Crippen LogP contribution in [0.4, 0.5) is 11.4 Å². The molecule has 0 spiro atoms. The third-order valence-corrected chi connectivity index (χ3v) is 5.28. The molecule has 0 bridgehead atoms. The van der Waals surface area contributed by atoms with Crippen LogP contribution in [0.2, 0.25) is 0 Å². The second-order valence-electron chi connectivity index (χ2n) is 6.95. The van der Waals surface area contributed by atoms with E-state index in [9.17, 15) is 19.7 Å². The standard InChI is InChI=1S/C18H24N4O4/c1-19-18(24)15-10-14(22(25)26)6-7-16(15)20-8-9-21(17(23)12-20)11-13-4-2-3-5-13/h6-7,10,13H,2-5,8-9,11-12H2,1H3,(H,19,24). The van der Waals surface area contributed by atoms with Gasteiger partial charge < -0.3 is 15.1 Å². The maximum Gasteiger partial charge on any atom is 0.270 e. The highest BCUT2D eigenvalue weighted by Gasteiger charge is 2.29. The van der Waals surface area contributed by atoms with Crippen LogP contribution in [0.1, 0.15) is 36.0 Å². The number of nitrogens with zero attached hydrogens (tertiary/aromatic N) is 3. The zero-order chi connectivity index (χ0) is 18.7. The first-order chi connectivity index (χ1) is 12.5. The van der Waals surface area contributed by atoms with Crippen LogP contribution in [-0.2, 0) is 4.79 Å². The molecule has 8 heteroatoms. The summed E-state index contributed by atoms with van der Waals surface area (Å²) in [4.78, 5) is 39.0. The number of rotatable bonds is 5. The van der Waals surface area contributed by atoms with E-state index >= 15 is 0 Å². The van der Waals surface area contributed by atoms with E-state index in [4.69, 9.17) is 0 Å². The van der Waals surface area contributed by atoms with Gasteiger partial charge >= 0.3 is 0 Å². The minimum Gasteiger partial charge on any atom is -0.360 e. The van der Waals surface area contributed by atoms with Gasteiger partial charge in [-0.1, -0.05) is 12.8 Å². The first kappa shape index (κ1) is 18.2. The molecule has 0 radical (unpaired) electrons. The number of benzene rings is 1. The van der Waals surface area contributed by atoms with Gasteiger partial charge in [0.1, 0.15) is 0 Å². The van der Waals surface area contributed by atoms with Gasteiger partial charge in [0.2, 0.25) is 5.91 Å². The minimum absolute atomic E-state index is 0.0457. The van der Waals surface area contributed by atoms with Gasteiger partial charge in [-0.2, -0.15) is 0 Å². The summed E-state index contributed by atoms with van der Waals surface area (Å²) in [5.74, 6) is 0.250. The third-order valence-electron chi connectivity index (χ3n) is 5.28. The monoisotopic (exact) mass is 360 g/mol. The summed E-state index contributed by atoms with van der Waals surface area (Å²) < 4.78 is 0. The highest BCUT2D eigenvalue weighted by Crippen LogP contribution is 2.29. The molecular weight excluding hydrogens is 336 g/mol. The van der Waals surface area contributed by atoms with Gasteiger partial charge in [-0.25, -0.2) is 0 Å². The highest BCUT2D eigenvalue weighted by atomic mass is 16.6. The maximum absolute atomic E-state index is 12.6. The van der Waals surface area contributed by atoms with Crippen LogP contribution < -0.4 is 10.2 Å². The van der Waals surface area contributed by atoms with Crippen molar-refractivity contribution in [3.63, 3.8) is 0 Å². The molecule has 8 nitrogen and oxygen atoms in total. The van der Waals surface area contributed by atoms with Crippen LogP contribution in [0.5, 0.6) is 0 Å². The van der Waals surface area contributed by atoms with E-state index < -0.39 is 10.8 Å². The van der Waals surface area contributed by atoms with Crippen LogP contribution in [0.15, 0.2) is 18.2 Å². The summed E-state index contributed by atoms with van der Waals surface area (Å²) >= 11 is 0. The predicted molar refractivity (Wildman–Crippen MR) is 97.2 cm³/mol. The molecule has 0 unspecified atom stereocenters. The van der Waals surface area contributed by atoms with Gasteiger partial charge in [0, 0.05) is 38.8 Å². The molecular formula is C18H24N4O4. The number of nitro benzene ring substituents is 1. The van der Waals surface area contributed by atoms with Crippen molar-refractivity contribution in [2.45, 2.75) is 25.7 Å². The summed E-state index contributed by atoms with van der Waals surface area (Å²) in [5.41, 5.74) is 0.640. The largest absolute Gasteiger partial charge is 0.360 e. The van der Waals surface area contributed by atoms with Crippen molar-refractivity contribution < 1.29 is 14.5 Å². The Morgan fingerprint density at radius 1 is 1.31 bits per heavy atom. The SMILES string of the molecule is CNC(=O)c1cc([N+](=O)[O-])ccc1N1CCN(CC2CCCC2)C(=O)C1. The molecule has 1 saturated heterocycles. The Kier molecular flexibility index (Phi) is 5.39. The number of non-ortho nitro benzene ring substituents is 1. The van der Waals surface area contributed by atoms with Crippen LogP contribution in [0.25, 0.3) is 0 Å². The van der Waals surface area contributed by atoms with Crippen molar-refractivity contribution in [1.29, 1.82) is 0 Å². The lowest BCUT2D eigenvalue weighted by atomic mass is 10.1. The van der Waals surface area contributed by atoms with Crippen molar-refractivity contribution >= 4 is 23.2 Å². The summed E-state index contributed by atoms with van der Waals surface area (Å²) in [6, 6.07) is 4.20. The normalized spacial score (nSPS) is 18.3. The zero-order valence-corrected chi connectivity index (χ0v) is 14.9. The molecule has 3 rings (SSSR count). The van der Waals surface area contributed by atoms with E-state index in [2.05, 4.69) is 5.32 Å².